The maximum absolute atomic E-state index is 11.5. The number of hydrogen-bond donors (Lipinski definition) is 1. The Morgan fingerprint density at radius 1 is 1.47 bits per heavy atom. The van der Waals surface area contributed by atoms with E-state index in [1.54, 1.807) is 14.0 Å². The number of amides is 1. The molecule has 0 aliphatic heterocycles. The Kier molecular flexibility index (Phi) is 3.97. The monoisotopic (exact) mass is 239 g/mol. The van der Waals surface area contributed by atoms with Crippen molar-refractivity contribution in [3.63, 3.8) is 0 Å². The molecule has 0 aliphatic rings. The van der Waals surface area contributed by atoms with E-state index >= 15 is 0 Å². The number of aromatic nitrogens is 2. The Balaban J connectivity index is 2.98. The molecule has 0 unspecified atom stereocenters. The average molecular weight is 239 g/mol. The summed E-state index contributed by atoms with van der Waals surface area (Å²) in [6, 6.07) is 0. The fourth-order valence-corrected chi connectivity index (χ4v) is 1.14. The van der Waals surface area contributed by atoms with Crippen molar-refractivity contribution in [1.29, 1.82) is 0 Å². The Morgan fingerprint density at radius 2 is 2.12 bits per heavy atom. The highest BCUT2D eigenvalue weighted by Crippen LogP contribution is 2.15. The van der Waals surface area contributed by atoms with Crippen LogP contribution in [0.3, 0.4) is 0 Å². The van der Waals surface area contributed by atoms with Crippen molar-refractivity contribution in [2.24, 2.45) is 7.05 Å². The standard InChI is InChI=1S/C10H13N3O4/c1-4-17-10(16)7-5-11-13(3)8(7)12-9(15)6(2)14/h5H,4H2,1-3H3,(H,12,15). The van der Waals surface area contributed by atoms with Crippen LogP contribution in [0.5, 0.6) is 0 Å². The van der Waals surface area contributed by atoms with Gasteiger partial charge in [0.25, 0.3) is 5.91 Å². The third-order valence-electron chi connectivity index (χ3n) is 1.99. The first-order valence-corrected chi connectivity index (χ1v) is 4.98. The molecule has 0 saturated heterocycles. The summed E-state index contributed by atoms with van der Waals surface area (Å²) in [5.41, 5.74) is 0.115. The predicted molar refractivity (Wildman–Crippen MR) is 58.5 cm³/mol. The summed E-state index contributed by atoms with van der Waals surface area (Å²) in [6.07, 6.45) is 1.27. The lowest BCUT2D eigenvalue weighted by molar-refractivity contribution is -0.133. The van der Waals surface area contributed by atoms with Crippen LogP contribution in [-0.2, 0) is 21.4 Å². The molecule has 0 spiro atoms. The molecule has 0 atom stereocenters. The second-order valence-electron chi connectivity index (χ2n) is 3.26. The van der Waals surface area contributed by atoms with Gasteiger partial charge in [0.15, 0.2) is 0 Å². The molecule has 92 valence electrons. The van der Waals surface area contributed by atoms with Crippen molar-refractivity contribution in [2.45, 2.75) is 13.8 Å². The van der Waals surface area contributed by atoms with E-state index in [0.717, 1.165) is 6.92 Å². The summed E-state index contributed by atoms with van der Waals surface area (Å²) >= 11 is 0. The predicted octanol–water partition coefficient (Wildman–Crippen LogP) is 0.124. The topological polar surface area (TPSA) is 90.3 Å². The summed E-state index contributed by atoms with van der Waals surface area (Å²) in [5, 5.41) is 6.13. The van der Waals surface area contributed by atoms with Crippen molar-refractivity contribution in [2.75, 3.05) is 11.9 Å². The second-order valence-corrected chi connectivity index (χ2v) is 3.26. The van der Waals surface area contributed by atoms with Crippen LogP contribution in [0.2, 0.25) is 0 Å². The van der Waals surface area contributed by atoms with Crippen molar-refractivity contribution >= 4 is 23.5 Å². The highest BCUT2D eigenvalue weighted by molar-refractivity contribution is 6.39. The van der Waals surface area contributed by atoms with Gasteiger partial charge in [-0.05, 0) is 6.92 Å². The van der Waals surface area contributed by atoms with Crippen molar-refractivity contribution in [3.05, 3.63) is 11.8 Å². The van der Waals surface area contributed by atoms with E-state index in [0.29, 0.717) is 0 Å². The van der Waals surface area contributed by atoms with Crippen molar-refractivity contribution in [1.82, 2.24) is 9.78 Å². The average Bonchev–Trinajstić information content (AvgIpc) is 2.61. The fourth-order valence-electron chi connectivity index (χ4n) is 1.14. The van der Waals surface area contributed by atoms with Crippen LogP contribution < -0.4 is 5.32 Å². The highest BCUT2D eigenvalue weighted by atomic mass is 16.5. The van der Waals surface area contributed by atoms with Gasteiger partial charge in [-0.2, -0.15) is 5.10 Å². The van der Waals surface area contributed by atoms with Gasteiger partial charge in [0.05, 0.1) is 12.8 Å². The molecular weight excluding hydrogens is 226 g/mol. The Labute approximate surface area is 97.7 Å². The van der Waals surface area contributed by atoms with Gasteiger partial charge in [-0.3, -0.25) is 14.3 Å². The van der Waals surface area contributed by atoms with E-state index in [1.165, 1.54) is 10.9 Å². The molecule has 1 amide bonds. The van der Waals surface area contributed by atoms with Gasteiger partial charge in [0.1, 0.15) is 11.4 Å². The maximum Gasteiger partial charge on any atom is 0.343 e. The number of aryl methyl sites for hydroxylation is 1. The molecule has 0 fully saturated rings. The number of carbonyl (C=O) groups is 3. The first-order valence-electron chi connectivity index (χ1n) is 4.98. The van der Waals surface area contributed by atoms with Gasteiger partial charge < -0.3 is 10.1 Å². The molecule has 0 bridgehead atoms. The summed E-state index contributed by atoms with van der Waals surface area (Å²) in [4.78, 5) is 33.6. The zero-order valence-electron chi connectivity index (χ0n) is 9.81. The number of carbonyl (C=O) groups excluding carboxylic acids is 3. The minimum atomic E-state index is -0.806. The van der Waals surface area contributed by atoms with Crippen LogP contribution in [0, 0.1) is 0 Å². The first kappa shape index (κ1) is 12.9. The number of nitrogens with zero attached hydrogens (tertiary/aromatic N) is 2. The number of Topliss-reactive ketones (excluding diaryl/α,β-unsaturated/α-hetero) is 1. The molecule has 1 rings (SSSR count). The number of esters is 1. The Morgan fingerprint density at radius 3 is 2.65 bits per heavy atom. The summed E-state index contributed by atoms with van der Waals surface area (Å²) in [6.45, 7) is 3.02. The summed E-state index contributed by atoms with van der Waals surface area (Å²) < 4.78 is 6.08. The van der Waals surface area contributed by atoms with Gasteiger partial charge >= 0.3 is 5.97 Å². The lowest BCUT2D eigenvalue weighted by atomic mass is 10.3. The quantitative estimate of drug-likeness (QED) is 0.595. The fraction of sp³-hybridized carbons (Fsp3) is 0.400. The van der Waals surface area contributed by atoms with E-state index in [1.807, 2.05) is 0 Å². The highest BCUT2D eigenvalue weighted by Gasteiger charge is 2.20. The van der Waals surface area contributed by atoms with Crippen LogP contribution >= 0.6 is 0 Å². The minimum absolute atomic E-state index is 0.115. The third kappa shape index (κ3) is 2.90. The molecule has 0 aliphatic carbocycles. The molecule has 1 N–H and O–H groups in total. The maximum atomic E-state index is 11.5. The molecule has 7 heteroatoms. The van der Waals surface area contributed by atoms with Crippen LogP contribution in [-0.4, -0.2) is 34.0 Å². The van der Waals surface area contributed by atoms with Crippen LogP contribution in [0.15, 0.2) is 6.20 Å². The normalized spacial score (nSPS) is 9.82. The number of ketones is 1. The van der Waals surface area contributed by atoms with Crippen LogP contribution in [0.25, 0.3) is 0 Å². The van der Waals surface area contributed by atoms with Crippen LogP contribution in [0.1, 0.15) is 24.2 Å². The van der Waals surface area contributed by atoms with E-state index in [4.69, 9.17) is 4.74 Å². The lowest BCUT2D eigenvalue weighted by Crippen LogP contribution is -2.23. The molecule has 1 heterocycles. The van der Waals surface area contributed by atoms with Gasteiger partial charge in [-0.25, -0.2) is 4.79 Å². The molecule has 17 heavy (non-hydrogen) atoms. The number of hydrogen-bond acceptors (Lipinski definition) is 5. The molecule has 0 saturated carbocycles. The Bertz CT molecular complexity index is 464. The molecule has 1 aromatic rings. The van der Waals surface area contributed by atoms with Crippen molar-refractivity contribution in [3.8, 4) is 0 Å². The summed E-state index contributed by atoms with van der Waals surface area (Å²) in [7, 11) is 1.54. The second kappa shape index (κ2) is 5.24. The summed E-state index contributed by atoms with van der Waals surface area (Å²) in [5.74, 6) is -1.91. The first-order chi connectivity index (χ1) is 7.97. The molecule has 0 radical (unpaired) electrons. The van der Waals surface area contributed by atoms with E-state index in [2.05, 4.69) is 10.4 Å². The number of ether oxygens (including phenoxy) is 1. The van der Waals surface area contributed by atoms with Gasteiger partial charge in [0.2, 0.25) is 5.78 Å². The zero-order valence-corrected chi connectivity index (χ0v) is 9.81. The number of anilines is 1. The van der Waals surface area contributed by atoms with Crippen LogP contribution in [0.4, 0.5) is 5.82 Å². The molecule has 7 nitrogen and oxygen atoms in total. The smallest absolute Gasteiger partial charge is 0.343 e. The van der Waals surface area contributed by atoms with E-state index in [-0.39, 0.29) is 18.0 Å². The third-order valence-corrected chi connectivity index (χ3v) is 1.99. The SMILES string of the molecule is CCOC(=O)c1cnn(C)c1NC(=O)C(C)=O. The van der Waals surface area contributed by atoms with Gasteiger partial charge in [-0.15, -0.1) is 0 Å². The number of rotatable bonds is 4. The van der Waals surface area contributed by atoms with E-state index in [9.17, 15) is 14.4 Å². The minimum Gasteiger partial charge on any atom is -0.462 e. The molecule has 1 aromatic heterocycles. The molecular formula is C10H13N3O4. The number of nitrogens with one attached hydrogen (secondary N) is 1. The largest absolute Gasteiger partial charge is 0.462 e. The lowest BCUT2D eigenvalue weighted by Gasteiger charge is -2.06. The van der Waals surface area contributed by atoms with Crippen molar-refractivity contribution < 1.29 is 19.1 Å². The zero-order chi connectivity index (χ0) is 13.0. The van der Waals surface area contributed by atoms with Gasteiger partial charge in [0, 0.05) is 14.0 Å². The van der Waals surface area contributed by atoms with Gasteiger partial charge in [-0.1, -0.05) is 0 Å². The Hall–Kier alpha value is -2.18. The van der Waals surface area contributed by atoms with E-state index < -0.39 is 17.7 Å². The molecule has 0 aromatic carbocycles.